The molecule has 0 bridgehead atoms. The molecule has 0 saturated carbocycles. The first-order valence-electron chi connectivity index (χ1n) is 6.67. The summed E-state index contributed by atoms with van der Waals surface area (Å²) in [4.78, 5) is 11.1. The van der Waals surface area contributed by atoms with E-state index in [1.165, 1.54) is 25.9 Å². The highest BCUT2D eigenvalue weighted by molar-refractivity contribution is 5.32. The summed E-state index contributed by atoms with van der Waals surface area (Å²) in [5.41, 5.74) is 0. The highest BCUT2D eigenvalue weighted by Gasteiger charge is 2.16. The zero-order valence-electron chi connectivity index (χ0n) is 11.3. The van der Waals surface area contributed by atoms with Gasteiger partial charge in [-0.3, -0.25) is 0 Å². The van der Waals surface area contributed by atoms with Gasteiger partial charge in [-0.25, -0.2) is 9.97 Å². The fourth-order valence-electron chi connectivity index (χ4n) is 2.43. The lowest BCUT2D eigenvalue weighted by Gasteiger charge is -2.29. The highest BCUT2D eigenvalue weighted by Crippen LogP contribution is 2.15. The summed E-state index contributed by atoms with van der Waals surface area (Å²) in [6, 6.07) is 1.94. The summed E-state index contributed by atoms with van der Waals surface area (Å²) in [5.74, 6) is 2.50. The Balaban J connectivity index is 1.83. The predicted molar refractivity (Wildman–Crippen MR) is 73.5 cm³/mol. The lowest BCUT2D eigenvalue weighted by atomic mass is 9.98. The molecular formula is C13H23N5. The number of nitrogens with zero attached hydrogens (tertiary/aromatic N) is 3. The van der Waals surface area contributed by atoms with Gasteiger partial charge in [0.15, 0.2) is 0 Å². The predicted octanol–water partition coefficient (Wildman–Crippen LogP) is 0.950. The summed E-state index contributed by atoms with van der Waals surface area (Å²) in [7, 11) is 4.10. The van der Waals surface area contributed by atoms with E-state index in [0.29, 0.717) is 6.54 Å². The molecule has 2 rings (SSSR count). The molecule has 18 heavy (non-hydrogen) atoms. The Morgan fingerprint density at radius 3 is 3.17 bits per heavy atom. The molecule has 1 aliphatic heterocycles. The fourth-order valence-corrected chi connectivity index (χ4v) is 2.43. The molecule has 0 aromatic carbocycles. The van der Waals surface area contributed by atoms with Gasteiger partial charge in [0.05, 0.1) is 6.54 Å². The van der Waals surface area contributed by atoms with Crippen LogP contribution >= 0.6 is 0 Å². The first kappa shape index (κ1) is 13.2. The SMILES string of the molecule is CNCc1nccc(NCC2CCCN(C)C2)n1. The number of hydrogen-bond donors (Lipinski definition) is 2. The van der Waals surface area contributed by atoms with Crippen molar-refractivity contribution >= 4 is 5.82 Å². The van der Waals surface area contributed by atoms with Crippen LogP contribution in [0.3, 0.4) is 0 Å². The molecule has 5 nitrogen and oxygen atoms in total. The van der Waals surface area contributed by atoms with Gasteiger partial charge in [-0.1, -0.05) is 0 Å². The Labute approximate surface area is 109 Å². The van der Waals surface area contributed by atoms with Crippen molar-refractivity contribution in [2.75, 3.05) is 39.0 Å². The maximum Gasteiger partial charge on any atom is 0.144 e. The number of anilines is 1. The molecule has 2 N–H and O–H groups in total. The van der Waals surface area contributed by atoms with Gasteiger partial charge in [0.1, 0.15) is 11.6 Å². The van der Waals surface area contributed by atoms with Crippen molar-refractivity contribution in [3.63, 3.8) is 0 Å². The van der Waals surface area contributed by atoms with E-state index < -0.39 is 0 Å². The molecule has 0 aliphatic carbocycles. The first-order valence-corrected chi connectivity index (χ1v) is 6.67. The number of piperidine rings is 1. The molecule has 0 amide bonds. The molecule has 100 valence electrons. The van der Waals surface area contributed by atoms with Crippen LogP contribution in [-0.4, -0.2) is 48.6 Å². The summed E-state index contributed by atoms with van der Waals surface area (Å²) < 4.78 is 0. The summed E-state index contributed by atoms with van der Waals surface area (Å²) in [5, 5.41) is 6.49. The number of rotatable bonds is 5. The van der Waals surface area contributed by atoms with Gasteiger partial charge in [-0.2, -0.15) is 0 Å². The Bertz CT molecular complexity index is 368. The summed E-state index contributed by atoms with van der Waals surface area (Å²) in [6.07, 6.45) is 4.43. The molecule has 1 aliphatic rings. The molecule has 1 aromatic rings. The van der Waals surface area contributed by atoms with Crippen LogP contribution in [0.5, 0.6) is 0 Å². The van der Waals surface area contributed by atoms with E-state index in [9.17, 15) is 0 Å². The molecule has 5 heteroatoms. The van der Waals surface area contributed by atoms with Crippen molar-refractivity contribution < 1.29 is 0 Å². The normalized spacial score (nSPS) is 20.9. The van der Waals surface area contributed by atoms with Gasteiger partial charge in [0.25, 0.3) is 0 Å². The lowest BCUT2D eigenvalue weighted by Crippen LogP contribution is -2.35. The van der Waals surface area contributed by atoms with Crippen LogP contribution in [0, 0.1) is 5.92 Å². The van der Waals surface area contributed by atoms with Gasteiger partial charge in [-0.05, 0) is 45.5 Å². The van der Waals surface area contributed by atoms with Crippen molar-refractivity contribution in [1.29, 1.82) is 0 Å². The highest BCUT2D eigenvalue weighted by atomic mass is 15.1. The number of likely N-dealkylation sites (tertiary alicyclic amines) is 1. The van der Waals surface area contributed by atoms with Gasteiger partial charge in [0.2, 0.25) is 0 Å². The van der Waals surface area contributed by atoms with E-state index >= 15 is 0 Å². The van der Waals surface area contributed by atoms with Gasteiger partial charge in [-0.15, -0.1) is 0 Å². The zero-order valence-corrected chi connectivity index (χ0v) is 11.3. The third kappa shape index (κ3) is 3.92. The Hall–Kier alpha value is -1.20. The van der Waals surface area contributed by atoms with Crippen LogP contribution < -0.4 is 10.6 Å². The maximum atomic E-state index is 4.47. The van der Waals surface area contributed by atoms with E-state index in [1.807, 2.05) is 19.3 Å². The molecule has 1 unspecified atom stereocenters. The Morgan fingerprint density at radius 1 is 1.50 bits per heavy atom. The third-order valence-corrected chi connectivity index (χ3v) is 3.33. The second kappa shape index (κ2) is 6.66. The lowest BCUT2D eigenvalue weighted by molar-refractivity contribution is 0.217. The number of nitrogens with one attached hydrogen (secondary N) is 2. The summed E-state index contributed by atoms with van der Waals surface area (Å²) >= 11 is 0. The van der Waals surface area contributed by atoms with Crippen LogP contribution in [0.1, 0.15) is 18.7 Å². The first-order chi connectivity index (χ1) is 8.78. The quantitative estimate of drug-likeness (QED) is 0.814. The van der Waals surface area contributed by atoms with Crippen molar-refractivity contribution in [2.24, 2.45) is 5.92 Å². The van der Waals surface area contributed by atoms with E-state index in [4.69, 9.17) is 0 Å². The topological polar surface area (TPSA) is 53.1 Å². The second-order valence-corrected chi connectivity index (χ2v) is 5.04. The summed E-state index contributed by atoms with van der Waals surface area (Å²) in [6.45, 7) is 4.12. The van der Waals surface area contributed by atoms with Crippen LogP contribution in [0.15, 0.2) is 12.3 Å². The molecule has 2 heterocycles. The van der Waals surface area contributed by atoms with Crippen molar-refractivity contribution in [1.82, 2.24) is 20.2 Å². The van der Waals surface area contributed by atoms with Crippen molar-refractivity contribution in [2.45, 2.75) is 19.4 Å². The average molecular weight is 249 g/mol. The fraction of sp³-hybridized carbons (Fsp3) is 0.692. The molecule has 1 saturated heterocycles. The Morgan fingerprint density at radius 2 is 2.39 bits per heavy atom. The molecule has 1 atom stereocenters. The van der Waals surface area contributed by atoms with E-state index in [1.54, 1.807) is 0 Å². The average Bonchev–Trinajstić information content (AvgIpc) is 2.37. The molecule has 0 radical (unpaired) electrons. The van der Waals surface area contributed by atoms with Crippen molar-refractivity contribution in [3.8, 4) is 0 Å². The number of hydrogen-bond acceptors (Lipinski definition) is 5. The van der Waals surface area contributed by atoms with Gasteiger partial charge >= 0.3 is 0 Å². The molecule has 1 aromatic heterocycles. The van der Waals surface area contributed by atoms with Gasteiger partial charge < -0.3 is 15.5 Å². The minimum Gasteiger partial charge on any atom is -0.370 e. The number of aromatic nitrogens is 2. The standard InChI is InChI=1S/C13H23N5/c1-14-9-13-15-6-5-12(17-13)16-8-11-4-3-7-18(2)10-11/h5-6,11,14H,3-4,7-10H2,1-2H3,(H,15,16,17). The second-order valence-electron chi connectivity index (χ2n) is 5.04. The van der Waals surface area contributed by atoms with E-state index in [-0.39, 0.29) is 0 Å². The minimum atomic E-state index is 0.710. The zero-order chi connectivity index (χ0) is 12.8. The maximum absolute atomic E-state index is 4.47. The van der Waals surface area contributed by atoms with Crippen LogP contribution in [0.25, 0.3) is 0 Å². The molecule has 0 spiro atoms. The molecular weight excluding hydrogens is 226 g/mol. The monoisotopic (exact) mass is 249 g/mol. The smallest absolute Gasteiger partial charge is 0.144 e. The Kier molecular flexibility index (Phi) is 4.90. The third-order valence-electron chi connectivity index (χ3n) is 3.33. The van der Waals surface area contributed by atoms with Crippen LogP contribution in [0.4, 0.5) is 5.82 Å². The minimum absolute atomic E-state index is 0.710. The van der Waals surface area contributed by atoms with Gasteiger partial charge in [0, 0.05) is 19.3 Å². The van der Waals surface area contributed by atoms with Crippen molar-refractivity contribution in [3.05, 3.63) is 18.1 Å². The van der Waals surface area contributed by atoms with Crippen LogP contribution in [0.2, 0.25) is 0 Å². The van der Waals surface area contributed by atoms with E-state index in [0.717, 1.165) is 24.1 Å². The molecule has 1 fully saturated rings. The largest absolute Gasteiger partial charge is 0.370 e. The van der Waals surface area contributed by atoms with E-state index in [2.05, 4.69) is 32.5 Å². The van der Waals surface area contributed by atoms with Crippen LogP contribution in [-0.2, 0) is 6.54 Å².